The van der Waals surface area contributed by atoms with Crippen molar-refractivity contribution in [1.82, 2.24) is 5.32 Å². The van der Waals surface area contributed by atoms with Gasteiger partial charge in [-0.2, -0.15) is 0 Å². The lowest BCUT2D eigenvalue weighted by molar-refractivity contribution is 0.0919. The van der Waals surface area contributed by atoms with Gasteiger partial charge in [-0.05, 0) is 0 Å². The van der Waals surface area contributed by atoms with Gasteiger partial charge in [0.15, 0.2) is 0 Å². The van der Waals surface area contributed by atoms with Crippen molar-refractivity contribution >= 4 is 5.91 Å². The van der Waals surface area contributed by atoms with Crippen molar-refractivity contribution in [3.63, 3.8) is 0 Å². The summed E-state index contributed by atoms with van der Waals surface area (Å²) < 4.78 is 4.69. The average Bonchev–Trinajstić information content (AvgIpc) is 2.18. The molecule has 1 amide bonds. The lowest BCUT2D eigenvalue weighted by Gasteiger charge is -2.02. The number of aromatic hydroxyl groups is 1. The predicted molar refractivity (Wildman–Crippen MR) is 48.0 cm³/mol. The van der Waals surface area contributed by atoms with Gasteiger partial charge in [0.2, 0.25) is 16.9 Å². The molecule has 0 bridgehead atoms. The largest absolute Gasteiger partial charge is 0.501 e. The molecule has 6 nitrogen and oxygen atoms in total. The van der Waals surface area contributed by atoms with E-state index in [0.717, 1.165) is 12.3 Å². The zero-order valence-electron chi connectivity index (χ0n) is 7.32. The summed E-state index contributed by atoms with van der Waals surface area (Å²) in [6, 6.07) is 1.02. The second-order valence-electron chi connectivity index (χ2n) is 2.51. The van der Waals surface area contributed by atoms with Gasteiger partial charge in [-0.15, -0.1) is 0 Å². The van der Waals surface area contributed by atoms with Crippen LogP contribution in [-0.4, -0.2) is 24.1 Å². The summed E-state index contributed by atoms with van der Waals surface area (Å²) in [5.74, 6) is -1.75. The quantitative estimate of drug-likeness (QED) is 0.579. The summed E-state index contributed by atoms with van der Waals surface area (Å²) >= 11 is 0. The second kappa shape index (κ2) is 4.43. The van der Waals surface area contributed by atoms with E-state index in [1.54, 1.807) is 0 Å². The van der Waals surface area contributed by atoms with E-state index >= 15 is 0 Å². The Morgan fingerprint density at radius 2 is 2.36 bits per heavy atom. The monoisotopic (exact) mass is 198 g/mol. The van der Waals surface area contributed by atoms with Gasteiger partial charge in [-0.3, -0.25) is 9.59 Å². The lowest BCUT2D eigenvalue weighted by Crippen LogP contribution is -2.29. The molecular formula is C8H10N2O4. The molecule has 1 rings (SSSR count). The SMILES string of the molecule is NCCNC(=O)c1occc(=O)c1O. The Labute approximate surface area is 79.3 Å². The van der Waals surface area contributed by atoms with Crippen LogP contribution in [0.5, 0.6) is 5.75 Å². The van der Waals surface area contributed by atoms with E-state index in [4.69, 9.17) is 15.3 Å². The second-order valence-corrected chi connectivity index (χ2v) is 2.51. The third kappa shape index (κ3) is 2.11. The minimum atomic E-state index is -0.693. The summed E-state index contributed by atoms with van der Waals surface area (Å²) in [6.07, 6.45) is 1.04. The van der Waals surface area contributed by atoms with E-state index in [0.29, 0.717) is 0 Å². The van der Waals surface area contributed by atoms with Crippen LogP contribution in [0.1, 0.15) is 10.6 Å². The van der Waals surface area contributed by atoms with Gasteiger partial charge >= 0.3 is 0 Å². The van der Waals surface area contributed by atoms with Crippen LogP contribution in [0, 0.1) is 0 Å². The first-order chi connectivity index (χ1) is 6.66. The Balaban J connectivity index is 2.90. The third-order valence-electron chi connectivity index (χ3n) is 1.49. The fourth-order valence-electron chi connectivity index (χ4n) is 0.838. The van der Waals surface area contributed by atoms with E-state index in [9.17, 15) is 9.59 Å². The Hall–Kier alpha value is -1.82. The molecular weight excluding hydrogens is 188 g/mol. The zero-order valence-corrected chi connectivity index (χ0v) is 7.32. The highest BCUT2D eigenvalue weighted by Gasteiger charge is 2.15. The molecule has 0 aliphatic rings. The highest BCUT2D eigenvalue weighted by atomic mass is 16.4. The number of hydrogen-bond acceptors (Lipinski definition) is 5. The number of carbonyl (C=O) groups excluding carboxylic acids is 1. The van der Waals surface area contributed by atoms with Gasteiger partial charge in [0.1, 0.15) is 0 Å². The van der Waals surface area contributed by atoms with Crippen molar-refractivity contribution in [2.24, 2.45) is 5.73 Å². The summed E-state index contributed by atoms with van der Waals surface area (Å²) in [5.41, 5.74) is 4.50. The van der Waals surface area contributed by atoms with Crippen molar-refractivity contribution in [2.75, 3.05) is 13.1 Å². The van der Waals surface area contributed by atoms with E-state index in [2.05, 4.69) is 5.32 Å². The van der Waals surface area contributed by atoms with Crippen LogP contribution < -0.4 is 16.5 Å². The number of carbonyl (C=O) groups is 1. The maximum Gasteiger partial charge on any atom is 0.291 e. The molecule has 0 aromatic carbocycles. The predicted octanol–water partition coefficient (Wildman–Crippen LogP) is -0.966. The zero-order chi connectivity index (χ0) is 10.6. The average molecular weight is 198 g/mol. The molecule has 0 saturated carbocycles. The van der Waals surface area contributed by atoms with Gasteiger partial charge in [0.05, 0.1) is 6.26 Å². The van der Waals surface area contributed by atoms with Crippen LogP contribution in [0.15, 0.2) is 21.5 Å². The number of nitrogens with two attached hydrogens (primary N) is 1. The molecule has 1 heterocycles. The summed E-state index contributed by atoms with van der Waals surface area (Å²) in [4.78, 5) is 22.1. The van der Waals surface area contributed by atoms with Crippen LogP contribution in [-0.2, 0) is 0 Å². The molecule has 0 aliphatic carbocycles. The van der Waals surface area contributed by atoms with Crippen LogP contribution in [0.2, 0.25) is 0 Å². The van der Waals surface area contributed by atoms with Gasteiger partial charge < -0.3 is 20.6 Å². The first-order valence-corrected chi connectivity index (χ1v) is 3.96. The fourth-order valence-corrected chi connectivity index (χ4v) is 0.838. The molecule has 0 atom stereocenters. The minimum absolute atomic E-state index is 0.247. The van der Waals surface area contributed by atoms with E-state index in [1.165, 1.54) is 0 Å². The molecule has 0 saturated heterocycles. The number of nitrogens with one attached hydrogen (secondary N) is 1. The van der Waals surface area contributed by atoms with Crippen LogP contribution in [0.25, 0.3) is 0 Å². The van der Waals surface area contributed by atoms with E-state index in [1.807, 2.05) is 0 Å². The van der Waals surface area contributed by atoms with Gasteiger partial charge in [0.25, 0.3) is 5.91 Å². The third-order valence-corrected chi connectivity index (χ3v) is 1.49. The highest BCUT2D eigenvalue weighted by Crippen LogP contribution is 2.09. The van der Waals surface area contributed by atoms with Gasteiger partial charge in [0, 0.05) is 19.2 Å². The maximum absolute atomic E-state index is 11.2. The summed E-state index contributed by atoms with van der Waals surface area (Å²) in [5, 5.41) is 11.5. The number of hydrogen-bond donors (Lipinski definition) is 3. The first-order valence-electron chi connectivity index (χ1n) is 3.96. The van der Waals surface area contributed by atoms with Crippen molar-refractivity contribution in [3.05, 3.63) is 28.3 Å². The molecule has 0 unspecified atom stereocenters. The lowest BCUT2D eigenvalue weighted by atomic mass is 10.3. The van der Waals surface area contributed by atoms with Crippen LogP contribution >= 0.6 is 0 Å². The van der Waals surface area contributed by atoms with Crippen molar-refractivity contribution < 1.29 is 14.3 Å². The van der Waals surface area contributed by atoms with Crippen molar-refractivity contribution in [2.45, 2.75) is 0 Å². The molecule has 1 aromatic rings. The summed E-state index contributed by atoms with van der Waals surface area (Å²) in [7, 11) is 0. The molecule has 0 aliphatic heterocycles. The molecule has 6 heteroatoms. The maximum atomic E-state index is 11.2. The molecule has 76 valence electrons. The molecule has 0 spiro atoms. The fraction of sp³-hybridized carbons (Fsp3) is 0.250. The van der Waals surface area contributed by atoms with E-state index < -0.39 is 22.8 Å². The topological polar surface area (TPSA) is 106 Å². The highest BCUT2D eigenvalue weighted by molar-refractivity contribution is 5.93. The van der Waals surface area contributed by atoms with Crippen molar-refractivity contribution in [1.29, 1.82) is 0 Å². The minimum Gasteiger partial charge on any atom is -0.501 e. The Morgan fingerprint density at radius 3 is 3.00 bits per heavy atom. The molecule has 1 aromatic heterocycles. The first kappa shape index (κ1) is 10.3. The number of amides is 1. The standard InChI is InChI=1S/C8H10N2O4/c9-2-3-10-8(13)7-6(12)5(11)1-4-14-7/h1,4,12H,2-3,9H2,(H,10,13). The Bertz CT molecular complexity index is 385. The van der Waals surface area contributed by atoms with Crippen LogP contribution in [0.4, 0.5) is 0 Å². The normalized spacial score (nSPS) is 9.79. The van der Waals surface area contributed by atoms with Crippen molar-refractivity contribution in [3.8, 4) is 5.75 Å². The van der Waals surface area contributed by atoms with E-state index in [-0.39, 0.29) is 13.1 Å². The molecule has 0 radical (unpaired) electrons. The molecule has 4 N–H and O–H groups in total. The van der Waals surface area contributed by atoms with Gasteiger partial charge in [-0.1, -0.05) is 0 Å². The molecule has 14 heavy (non-hydrogen) atoms. The Morgan fingerprint density at radius 1 is 1.64 bits per heavy atom. The smallest absolute Gasteiger partial charge is 0.291 e. The molecule has 0 fully saturated rings. The number of rotatable bonds is 3. The Kier molecular flexibility index (Phi) is 3.24. The van der Waals surface area contributed by atoms with Gasteiger partial charge in [-0.25, -0.2) is 0 Å². The van der Waals surface area contributed by atoms with Crippen LogP contribution in [0.3, 0.4) is 0 Å². The summed E-state index contributed by atoms with van der Waals surface area (Å²) in [6.45, 7) is 0.514.